The lowest BCUT2D eigenvalue weighted by atomic mass is 10.0. The third kappa shape index (κ3) is 3.28. The van der Waals surface area contributed by atoms with E-state index in [1.54, 1.807) is 6.07 Å². The van der Waals surface area contributed by atoms with Crippen LogP contribution in [0.25, 0.3) is 11.0 Å². The molecule has 0 amide bonds. The Kier molecular flexibility index (Phi) is 4.35. The van der Waals surface area contributed by atoms with E-state index in [1.165, 1.54) is 18.5 Å². The lowest BCUT2D eigenvalue weighted by Crippen LogP contribution is -2.06. The summed E-state index contributed by atoms with van der Waals surface area (Å²) in [5.74, 6) is -0.436. The number of aromatic nitrogens is 2. The maximum atomic E-state index is 14.2. The van der Waals surface area contributed by atoms with Gasteiger partial charge >= 0.3 is 0 Å². The standard InChI is InChI=1S/C21H15FN4/c22-18-13-17(14-19-21(18)24-12-11-23-19)25-26-20(15-7-3-1-4-8-15)16-9-5-2-6-10-16/h1-14,25H. The molecule has 3 aromatic carbocycles. The highest BCUT2D eigenvalue weighted by atomic mass is 19.1. The molecule has 1 N–H and O–H groups in total. The van der Waals surface area contributed by atoms with Gasteiger partial charge in [-0.25, -0.2) is 9.37 Å². The molecule has 0 aliphatic heterocycles. The van der Waals surface area contributed by atoms with E-state index in [1.807, 2.05) is 60.7 Å². The first-order valence-corrected chi connectivity index (χ1v) is 8.16. The number of fused-ring (bicyclic) bond motifs is 1. The van der Waals surface area contributed by atoms with Crippen molar-refractivity contribution in [3.05, 3.63) is 102 Å². The van der Waals surface area contributed by atoms with Crippen molar-refractivity contribution in [3.63, 3.8) is 0 Å². The molecular formula is C21H15FN4. The van der Waals surface area contributed by atoms with Crippen molar-refractivity contribution in [1.29, 1.82) is 0 Å². The van der Waals surface area contributed by atoms with Crippen LogP contribution in [0.1, 0.15) is 11.1 Å². The fraction of sp³-hybridized carbons (Fsp3) is 0. The molecule has 1 heterocycles. The molecule has 0 spiro atoms. The molecule has 4 rings (SSSR count). The van der Waals surface area contributed by atoms with Gasteiger partial charge in [0, 0.05) is 29.6 Å². The van der Waals surface area contributed by atoms with Gasteiger partial charge in [0.25, 0.3) is 0 Å². The molecule has 0 saturated carbocycles. The third-order valence-electron chi connectivity index (χ3n) is 3.92. The Hall–Kier alpha value is -3.60. The van der Waals surface area contributed by atoms with Crippen molar-refractivity contribution in [2.75, 3.05) is 5.43 Å². The van der Waals surface area contributed by atoms with Crippen molar-refractivity contribution in [3.8, 4) is 0 Å². The van der Waals surface area contributed by atoms with Gasteiger partial charge in [-0.15, -0.1) is 0 Å². The monoisotopic (exact) mass is 342 g/mol. The average Bonchev–Trinajstić information content (AvgIpc) is 2.70. The van der Waals surface area contributed by atoms with Crippen molar-refractivity contribution >= 4 is 22.4 Å². The summed E-state index contributed by atoms with van der Waals surface area (Å²) in [7, 11) is 0. The van der Waals surface area contributed by atoms with Crippen LogP contribution in [-0.4, -0.2) is 15.7 Å². The molecule has 0 saturated heterocycles. The van der Waals surface area contributed by atoms with Gasteiger partial charge in [-0.05, 0) is 6.07 Å². The summed E-state index contributed by atoms with van der Waals surface area (Å²) < 4.78 is 14.2. The van der Waals surface area contributed by atoms with Crippen LogP contribution in [0.5, 0.6) is 0 Å². The molecule has 0 aliphatic carbocycles. The molecule has 4 nitrogen and oxygen atoms in total. The Balaban J connectivity index is 1.74. The number of nitrogens with zero attached hydrogens (tertiary/aromatic N) is 3. The minimum atomic E-state index is -0.436. The van der Waals surface area contributed by atoms with E-state index in [0.29, 0.717) is 11.2 Å². The van der Waals surface area contributed by atoms with Gasteiger partial charge in [0.05, 0.1) is 16.9 Å². The van der Waals surface area contributed by atoms with Crippen LogP contribution in [0.3, 0.4) is 0 Å². The molecule has 0 atom stereocenters. The molecule has 0 unspecified atom stereocenters. The van der Waals surface area contributed by atoms with E-state index in [-0.39, 0.29) is 5.52 Å². The van der Waals surface area contributed by atoms with E-state index < -0.39 is 5.82 Å². The van der Waals surface area contributed by atoms with Gasteiger partial charge in [-0.2, -0.15) is 5.10 Å². The van der Waals surface area contributed by atoms with E-state index >= 15 is 0 Å². The minimum Gasteiger partial charge on any atom is -0.278 e. The van der Waals surface area contributed by atoms with Gasteiger partial charge in [0.15, 0.2) is 5.82 Å². The fourth-order valence-electron chi connectivity index (χ4n) is 2.71. The first kappa shape index (κ1) is 15.9. The summed E-state index contributed by atoms with van der Waals surface area (Å²) in [5, 5.41) is 4.53. The largest absolute Gasteiger partial charge is 0.278 e. The number of anilines is 1. The normalized spacial score (nSPS) is 10.5. The number of hydrazone groups is 1. The molecule has 0 aliphatic rings. The number of rotatable bonds is 4. The van der Waals surface area contributed by atoms with Gasteiger partial charge in [-0.1, -0.05) is 60.7 Å². The molecule has 1 aromatic heterocycles. The molecular weight excluding hydrogens is 327 g/mol. The molecule has 5 heteroatoms. The van der Waals surface area contributed by atoms with Crippen LogP contribution in [0.2, 0.25) is 0 Å². The van der Waals surface area contributed by atoms with Crippen molar-refractivity contribution < 1.29 is 4.39 Å². The Bertz CT molecular complexity index is 1020. The second kappa shape index (κ2) is 7.11. The van der Waals surface area contributed by atoms with Gasteiger partial charge < -0.3 is 0 Å². The summed E-state index contributed by atoms with van der Waals surface area (Å²) in [6.07, 6.45) is 3.01. The van der Waals surface area contributed by atoms with Crippen LogP contribution < -0.4 is 5.43 Å². The molecule has 126 valence electrons. The third-order valence-corrected chi connectivity index (χ3v) is 3.92. The number of nitrogens with one attached hydrogen (secondary N) is 1. The number of halogens is 1. The Labute approximate surface area is 150 Å². The van der Waals surface area contributed by atoms with Crippen LogP contribution in [0.15, 0.2) is 90.3 Å². The first-order chi connectivity index (χ1) is 12.8. The summed E-state index contributed by atoms with van der Waals surface area (Å²) in [4.78, 5) is 8.17. The zero-order valence-corrected chi connectivity index (χ0v) is 13.8. The number of benzene rings is 3. The predicted octanol–water partition coefficient (Wildman–Crippen LogP) is 4.63. The van der Waals surface area contributed by atoms with E-state index in [0.717, 1.165) is 16.8 Å². The zero-order chi connectivity index (χ0) is 17.8. The van der Waals surface area contributed by atoms with Crippen LogP contribution >= 0.6 is 0 Å². The molecule has 0 radical (unpaired) electrons. The lowest BCUT2D eigenvalue weighted by Gasteiger charge is -2.09. The highest BCUT2D eigenvalue weighted by Crippen LogP contribution is 2.20. The fourth-order valence-corrected chi connectivity index (χ4v) is 2.71. The highest BCUT2D eigenvalue weighted by molar-refractivity contribution is 6.13. The van der Waals surface area contributed by atoms with E-state index in [4.69, 9.17) is 0 Å². The van der Waals surface area contributed by atoms with Gasteiger partial charge in [-0.3, -0.25) is 10.4 Å². The van der Waals surface area contributed by atoms with Crippen LogP contribution in [0.4, 0.5) is 10.1 Å². The number of hydrogen-bond acceptors (Lipinski definition) is 4. The second-order valence-electron chi connectivity index (χ2n) is 5.69. The minimum absolute atomic E-state index is 0.244. The zero-order valence-electron chi connectivity index (χ0n) is 13.8. The topological polar surface area (TPSA) is 50.2 Å². The molecule has 0 bridgehead atoms. The predicted molar refractivity (Wildman–Crippen MR) is 102 cm³/mol. The van der Waals surface area contributed by atoms with Crippen molar-refractivity contribution in [1.82, 2.24) is 9.97 Å². The first-order valence-electron chi connectivity index (χ1n) is 8.16. The molecule has 4 aromatic rings. The van der Waals surface area contributed by atoms with Crippen LogP contribution in [0, 0.1) is 5.82 Å². The van der Waals surface area contributed by atoms with E-state index in [2.05, 4.69) is 20.5 Å². The van der Waals surface area contributed by atoms with Gasteiger partial charge in [0.1, 0.15) is 5.52 Å². The summed E-state index contributed by atoms with van der Waals surface area (Å²) in [6.45, 7) is 0. The average molecular weight is 342 g/mol. The Morgan fingerprint density at radius 1 is 0.808 bits per heavy atom. The summed E-state index contributed by atoms with van der Waals surface area (Å²) >= 11 is 0. The Morgan fingerprint density at radius 2 is 1.42 bits per heavy atom. The SMILES string of the molecule is Fc1cc(NN=C(c2ccccc2)c2ccccc2)cc2nccnc12. The second-order valence-corrected chi connectivity index (χ2v) is 5.69. The van der Waals surface area contributed by atoms with Crippen LogP contribution in [-0.2, 0) is 0 Å². The summed E-state index contributed by atoms with van der Waals surface area (Å²) in [5.41, 5.74) is 6.89. The smallest absolute Gasteiger partial charge is 0.153 e. The summed E-state index contributed by atoms with van der Waals surface area (Å²) in [6, 6.07) is 22.8. The Morgan fingerprint density at radius 3 is 2.08 bits per heavy atom. The quantitative estimate of drug-likeness (QED) is 0.434. The number of hydrogen-bond donors (Lipinski definition) is 1. The maximum Gasteiger partial charge on any atom is 0.153 e. The van der Waals surface area contributed by atoms with Crippen molar-refractivity contribution in [2.24, 2.45) is 5.10 Å². The lowest BCUT2D eigenvalue weighted by molar-refractivity contribution is 0.637. The van der Waals surface area contributed by atoms with Gasteiger partial charge in [0.2, 0.25) is 0 Å². The van der Waals surface area contributed by atoms with E-state index in [9.17, 15) is 4.39 Å². The highest BCUT2D eigenvalue weighted by Gasteiger charge is 2.08. The maximum absolute atomic E-state index is 14.2. The molecule has 0 fully saturated rings. The molecule has 26 heavy (non-hydrogen) atoms. The van der Waals surface area contributed by atoms with Crippen molar-refractivity contribution in [2.45, 2.75) is 0 Å².